The molecule has 3 heterocycles. The minimum absolute atomic E-state index is 0.217. The maximum absolute atomic E-state index is 13.3. The second kappa shape index (κ2) is 9.33. The van der Waals surface area contributed by atoms with Crippen LogP contribution in [0.1, 0.15) is 23.1 Å². The number of halogens is 1. The predicted molar refractivity (Wildman–Crippen MR) is 142 cm³/mol. The number of para-hydroxylation sites is 1. The molecule has 1 N–H and O–H groups in total. The Labute approximate surface area is 217 Å². The zero-order valence-electron chi connectivity index (χ0n) is 19.3. The number of benzene rings is 3. The Balaban J connectivity index is 1.38. The number of fused-ring (bicyclic) bond motifs is 2. The van der Waals surface area contributed by atoms with E-state index in [-0.39, 0.29) is 5.91 Å². The number of furan rings is 1. The molecule has 6 rings (SSSR count). The van der Waals surface area contributed by atoms with Crippen LogP contribution in [0.3, 0.4) is 0 Å². The molecular formula is C28H21ClN4O2S. The molecule has 3 aromatic carbocycles. The smallest absolute Gasteiger partial charge is 0.276 e. The first-order valence-corrected chi connectivity index (χ1v) is 12.8. The Morgan fingerprint density at radius 3 is 2.69 bits per heavy atom. The van der Waals surface area contributed by atoms with Crippen molar-refractivity contribution in [2.45, 2.75) is 18.8 Å². The third-order valence-corrected chi connectivity index (χ3v) is 7.17. The Kier molecular flexibility index (Phi) is 5.87. The van der Waals surface area contributed by atoms with Gasteiger partial charge in [0.15, 0.2) is 10.9 Å². The molecule has 6 nitrogen and oxygen atoms in total. The highest BCUT2D eigenvalue weighted by Crippen LogP contribution is 2.34. The van der Waals surface area contributed by atoms with Gasteiger partial charge in [-0.1, -0.05) is 83.5 Å². The van der Waals surface area contributed by atoms with Crippen LogP contribution in [0.5, 0.6) is 0 Å². The van der Waals surface area contributed by atoms with Crippen LogP contribution in [-0.2, 0) is 10.5 Å². The van der Waals surface area contributed by atoms with E-state index in [1.54, 1.807) is 5.01 Å². The fourth-order valence-electron chi connectivity index (χ4n) is 4.20. The summed E-state index contributed by atoms with van der Waals surface area (Å²) < 4.78 is 6.22. The first-order valence-electron chi connectivity index (χ1n) is 11.5. The van der Waals surface area contributed by atoms with Crippen LogP contribution in [0.25, 0.3) is 17.0 Å². The van der Waals surface area contributed by atoms with Crippen LogP contribution in [-0.4, -0.2) is 16.1 Å². The van der Waals surface area contributed by atoms with Crippen LogP contribution in [0.15, 0.2) is 99.4 Å². The molecule has 1 atom stereocenters. The highest BCUT2D eigenvalue weighted by Gasteiger charge is 2.36. The Hall–Kier alpha value is -3.81. The van der Waals surface area contributed by atoms with Gasteiger partial charge in [0.2, 0.25) is 6.17 Å². The van der Waals surface area contributed by atoms with Gasteiger partial charge < -0.3 is 4.42 Å². The molecule has 2 aliphatic rings. The lowest BCUT2D eigenvalue weighted by atomic mass is 10.1. The van der Waals surface area contributed by atoms with Crippen LogP contribution >= 0.6 is 23.4 Å². The number of thioether (sulfide) groups is 1. The minimum atomic E-state index is -0.621. The van der Waals surface area contributed by atoms with E-state index < -0.39 is 6.17 Å². The van der Waals surface area contributed by atoms with Gasteiger partial charge in [-0.25, -0.2) is 10.0 Å². The van der Waals surface area contributed by atoms with E-state index in [0.29, 0.717) is 33.2 Å². The largest absolute Gasteiger partial charge is 0.457 e. The van der Waals surface area contributed by atoms with Gasteiger partial charge in [0.25, 0.3) is 5.91 Å². The van der Waals surface area contributed by atoms with Gasteiger partial charge in [0, 0.05) is 21.6 Å². The standard InChI is InChI=1S/C28H21ClN4O2S/c1-17-9-11-18(12-10-17)16-36-28-31-27(34)25-21-7-2-3-8-22(21)30-26(33(25)32-28)24-14-13-23(35-24)19-5-4-6-20(29)15-19/h2-15,26H,16H2,1H3,(H,31,32,34). The summed E-state index contributed by atoms with van der Waals surface area (Å²) in [7, 11) is 0. The number of amides is 1. The van der Waals surface area contributed by atoms with Crippen LogP contribution in [0.2, 0.25) is 5.02 Å². The van der Waals surface area contributed by atoms with Gasteiger partial charge in [-0.3, -0.25) is 10.1 Å². The number of nitrogens with one attached hydrogen (secondary N) is 1. The summed E-state index contributed by atoms with van der Waals surface area (Å²) in [6.45, 7) is 2.06. The van der Waals surface area contributed by atoms with Crippen molar-refractivity contribution in [1.29, 1.82) is 0 Å². The quantitative estimate of drug-likeness (QED) is 0.418. The number of rotatable bonds is 4. The minimum Gasteiger partial charge on any atom is -0.457 e. The Bertz CT molecular complexity index is 1630. The molecule has 1 aromatic heterocycles. The normalized spacial score (nSPS) is 16.6. The molecule has 0 bridgehead atoms. The van der Waals surface area contributed by atoms with E-state index in [1.165, 1.54) is 17.3 Å². The third-order valence-electron chi connectivity index (χ3n) is 6.00. The molecule has 178 valence electrons. The van der Waals surface area contributed by atoms with E-state index in [1.807, 2.05) is 60.7 Å². The molecule has 4 aromatic rings. The SMILES string of the molecule is Cc1ccc(CSC2=NN3C(=c4ccccc4=NC3c3ccc(-c4cccc(Cl)c4)o3)C(=O)N2)cc1. The Morgan fingerprint density at radius 2 is 1.86 bits per heavy atom. The van der Waals surface area contributed by atoms with Crippen molar-refractivity contribution in [2.75, 3.05) is 0 Å². The van der Waals surface area contributed by atoms with Crippen molar-refractivity contribution in [3.05, 3.63) is 117 Å². The maximum Gasteiger partial charge on any atom is 0.276 e. The first-order chi connectivity index (χ1) is 17.5. The number of hydrazone groups is 1. The molecule has 0 fully saturated rings. The molecular weight excluding hydrogens is 492 g/mol. The lowest BCUT2D eigenvalue weighted by Gasteiger charge is -2.32. The summed E-state index contributed by atoms with van der Waals surface area (Å²) in [5, 5.41) is 12.0. The molecule has 36 heavy (non-hydrogen) atoms. The van der Waals surface area contributed by atoms with Crippen molar-refractivity contribution in [1.82, 2.24) is 10.3 Å². The zero-order chi connectivity index (χ0) is 24.6. The topological polar surface area (TPSA) is 70.2 Å². The molecule has 0 saturated carbocycles. The Morgan fingerprint density at radius 1 is 1.03 bits per heavy atom. The summed E-state index contributed by atoms with van der Waals surface area (Å²) in [6.07, 6.45) is -0.621. The average Bonchev–Trinajstić information content (AvgIpc) is 3.38. The van der Waals surface area contributed by atoms with Crippen LogP contribution in [0.4, 0.5) is 0 Å². The molecule has 0 aliphatic carbocycles. The van der Waals surface area contributed by atoms with Crippen LogP contribution in [0, 0.1) is 6.92 Å². The summed E-state index contributed by atoms with van der Waals surface area (Å²) in [6, 6.07) is 27.1. The van der Waals surface area contributed by atoms with Crippen LogP contribution < -0.4 is 15.9 Å². The van der Waals surface area contributed by atoms with E-state index in [4.69, 9.17) is 26.1 Å². The van der Waals surface area contributed by atoms with E-state index in [9.17, 15) is 4.79 Å². The number of carbonyl (C=O) groups is 1. The van der Waals surface area contributed by atoms with Crippen molar-refractivity contribution in [3.63, 3.8) is 0 Å². The summed E-state index contributed by atoms with van der Waals surface area (Å²) in [4.78, 5) is 18.2. The molecule has 0 radical (unpaired) electrons. The van der Waals surface area contributed by atoms with Crippen molar-refractivity contribution >= 4 is 40.1 Å². The van der Waals surface area contributed by atoms with Gasteiger partial charge in [0.1, 0.15) is 11.5 Å². The van der Waals surface area contributed by atoms with Gasteiger partial charge >= 0.3 is 0 Å². The monoisotopic (exact) mass is 512 g/mol. The van der Waals surface area contributed by atoms with Crippen molar-refractivity contribution in [3.8, 4) is 11.3 Å². The van der Waals surface area contributed by atoms with Gasteiger partial charge in [-0.2, -0.15) is 0 Å². The second-order valence-corrected chi connectivity index (χ2v) is 9.96. The molecule has 8 heteroatoms. The first kappa shape index (κ1) is 22.6. The predicted octanol–water partition coefficient (Wildman–Crippen LogP) is 4.98. The highest BCUT2D eigenvalue weighted by atomic mass is 35.5. The van der Waals surface area contributed by atoms with E-state index >= 15 is 0 Å². The van der Waals surface area contributed by atoms with Gasteiger partial charge in [0.05, 0.1) is 5.36 Å². The summed E-state index contributed by atoms with van der Waals surface area (Å²) >= 11 is 7.65. The molecule has 1 amide bonds. The van der Waals surface area contributed by atoms with Gasteiger partial charge in [-0.05, 0) is 42.8 Å². The molecule has 0 spiro atoms. The molecule has 1 unspecified atom stereocenters. The number of nitrogens with zero attached hydrogens (tertiary/aromatic N) is 3. The number of carbonyl (C=O) groups excluding carboxylic acids is 1. The fourth-order valence-corrected chi connectivity index (χ4v) is 5.20. The van der Waals surface area contributed by atoms with Gasteiger partial charge in [-0.15, -0.1) is 5.10 Å². The highest BCUT2D eigenvalue weighted by molar-refractivity contribution is 8.13. The second-order valence-electron chi connectivity index (χ2n) is 8.56. The number of aryl methyl sites for hydroxylation is 1. The average molecular weight is 513 g/mol. The lowest BCUT2D eigenvalue weighted by Crippen LogP contribution is -2.50. The fraction of sp³-hybridized carbons (Fsp3) is 0.107. The maximum atomic E-state index is 13.3. The number of amidine groups is 1. The zero-order valence-corrected chi connectivity index (χ0v) is 20.9. The lowest BCUT2D eigenvalue weighted by molar-refractivity contribution is -0.116. The molecule has 2 aliphatic heterocycles. The summed E-state index contributed by atoms with van der Waals surface area (Å²) in [5.74, 6) is 1.71. The molecule has 0 saturated heterocycles. The van der Waals surface area contributed by atoms with E-state index in [2.05, 4.69) is 36.5 Å². The number of hydrogen-bond donors (Lipinski definition) is 1. The summed E-state index contributed by atoms with van der Waals surface area (Å²) in [5.41, 5.74) is 3.67. The van der Waals surface area contributed by atoms with E-state index in [0.717, 1.165) is 21.7 Å². The van der Waals surface area contributed by atoms with Crippen molar-refractivity contribution in [2.24, 2.45) is 10.1 Å². The van der Waals surface area contributed by atoms with Crippen molar-refractivity contribution < 1.29 is 9.21 Å². The third kappa shape index (κ3) is 4.32. The number of hydrogen-bond acceptors (Lipinski definition) is 6.